The lowest BCUT2D eigenvalue weighted by Crippen LogP contribution is -2.06. The van der Waals surface area contributed by atoms with E-state index in [0.29, 0.717) is 50.7 Å². The van der Waals surface area contributed by atoms with Crippen molar-refractivity contribution in [3.05, 3.63) is 236 Å². The van der Waals surface area contributed by atoms with Gasteiger partial charge in [0.25, 0.3) is 0 Å². The summed E-state index contributed by atoms with van der Waals surface area (Å²) in [6.45, 7) is 0. The predicted molar refractivity (Wildman–Crippen MR) is 264 cm³/mol. The van der Waals surface area contributed by atoms with Gasteiger partial charge in [0.2, 0.25) is 0 Å². The van der Waals surface area contributed by atoms with Crippen LogP contribution in [0.3, 0.4) is 0 Å². The van der Waals surface area contributed by atoms with Gasteiger partial charge in [-0.25, -0.2) is 9.97 Å². The zero-order valence-electron chi connectivity index (χ0n) is 36.5. The Morgan fingerprint density at radius 1 is 0.304 bits per heavy atom. The lowest BCUT2D eigenvalue weighted by atomic mass is 9.91. The maximum atomic E-state index is 14.2. The molecule has 69 heavy (non-hydrogen) atoms. The Labute approximate surface area is 393 Å². The van der Waals surface area contributed by atoms with E-state index in [1.54, 1.807) is 0 Å². The van der Waals surface area contributed by atoms with Gasteiger partial charge in [-0.05, 0) is 100 Å². The molecule has 0 aliphatic rings. The second-order valence-corrected chi connectivity index (χ2v) is 16.8. The minimum atomic E-state index is -4.60. The van der Waals surface area contributed by atoms with E-state index in [-0.39, 0.29) is 0 Å². The first-order chi connectivity index (χ1) is 33.5. The third-order valence-electron chi connectivity index (χ3n) is 12.5. The van der Waals surface area contributed by atoms with Crippen LogP contribution in [-0.2, 0) is 12.4 Å². The number of halogens is 6. The Hall–Kier alpha value is -8.56. The van der Waals surface area contributed by atoms with Crippen LogP contribution in [0.4, 0.5) is 26.3 Å². The summed E-state index contributed by atoms with van der Waals surface area (Å²) in [5.41, 5.74) is 9.70. The first-order valence-corrected chi connectivity index (χ1v) is 22.2. The van der Waals surface area contributed by atoms with Gasteiger partial charge in [0.15, 0.2) is 5.82 Å². The van der Waals surface area contributed by atoms with Gasteiger partial charge in [-0.15, -0.1) is 0 Å². The summed E-state index contributed by atoms with van der Waals surface area (Å²) in [6.07, 6.45) is -9.21. The summed E-state index contributed by atoms with van der Waals surface area (Å²) < 4.78 is 87.4. The number of rotatable bonds is 8. The summed E-state index contributed by atoms with van der Waals surface area (Å²) in [6, 6.07) is 67.2. The van der Waals surface area contributed by atoms with Crippen LogP contribution < -0.4 is 0 Å². The number of nitrogens with zero attached hydrogens (tertiary/aromatic N) is 3. The highest BCUT2D eigenvalue weighted by Gasteiger charge is 2.32. The second kappa shape index (κ2) is 17.3. The van der Waals surface area contributed by atoms with Gasteiger partial charge in [-0.2, -0.15) is 26.3 Å². The van der Waals surface area contributed by atoms with Crippen molar-refractivity contribution in [3.63, 3.8) is 0 Å². The van der Waals surface area contributed by atoms with E-state index in [2.05, 4.69) is 16.7 Å². The van der Waals surface area contributed by atoms with Gasteiger partial charge in [-0.3, -0.25) is 0 Å². The van der Waals surface area contributed by atoms with Crippen molar-refractivity contribution in [1.82, 2.24) is 14.5 Å². The number of hydrogen-bond acceptors (Lipinski definition) is 2. The van der Waals surface area contributed by atoms with E-state index in [0.717, 1.165) is 79.5 Å². The highest BCUT2D eigenvalue weighted by Crippen LogP contribution is 2.46. The van der Waals surface area contributed by atoms with Gasteiger partial charge in [0.1, 0.15) is 0 Å². The van der Waals surface area contributed by atoms with Crippen LogP contribution in [0.25, 0.3) is 106 Å². The van der Waals surface area contributed by atoms with Gasteiger partial charge in [-0.1, -0.05) is 158 Å². The molecule has 2 heterocycles. The number of hydrogen-bond donors (Lipinski definition) is 0. The van der Waals surface area contributed by atoms with Crippen molar-refractivity contribution in [1.29, 1.82) is 0 Å². The van der Waals surface area contributed by atoms with Gasteiger partial charge >= 0.3 is 12.4 Å². The Bertz CT molecular complexity index is 3410. The molecule has 0 fully saturated rings. The van der Waals surface area contributed by atoms with Crippen molar-refractivity contribution in [2.75, 3.05) is 0 Å². The Kier molecular flexibility index (Phi) is 10.8. The SMILES string of the molecule is FC(F)(F)c1ccc(-c2cc(-c3nc(-c4ccccc4)cc(-c4ccccc4)n3)cc(-c3ccc(C(F)(F)F)cc3)c2-n2c3ccc(-c4ccccc4)cc3c3cc(-c4ccccc4)ccc32)cc1. The van der Waals surface area contributed by atoms with E-state index in [9.17, 15) is 26.3 Å². The molecule has 0 spiro atoms. The van der Waals surface area contributed by atoms with Gasteiger partial charge in [0.05, 0.1) is 39.2 Å². The standard InChI is InChI=1S/C60H37F6N3/c61-59(62,63)47-27-21-40(22-28-47)49-35-46(58-67-53(42-17-9-3-10-18-42)37-54(68-58)43-19-11-4-12-20-43)36-50(41-23-29-48(30-24-41)60(64,65)66)57(49)69-55-31-25-44(38-13-5-1-6-14-38)33-51(55)52-34-45(26-32-56(52)69)39-15-7-2-8-16-39/h1-37H. The molecule has 0 amide bonds. The van der Waals surface area contributed by atoms with E-state index < -0.39 is 23.5 Å². The molecule has 334 valence electrons. The smallest absolute Gasteiger partial charge is 0.308 e. The molecule has 0 N–H and O–H groups in total. The minimum absolute atomic E-state index is 0.310. The van der Waals surface area contributed by atoms with Crippen LogP contribution in [0.5, 0.6) is 0 Å². The van der Waals surface area contributed by atoms with E-state index in [1.165, 1.54) is 24.3 Å². The molecule has 11 aromatic rings. The fourth-order valence-electron chi connectivity index (χ4n) is 9.10. The van der Waals surface area contributed by atoms with E-state index in [4.69, 9.17) is 9.97 Å². The normalized spacial score (nSPS) is 11.9. The third kappa shape index (κ3) is 8.33. The Balaban J connectivity index is 1.26. The molecule has 9 aromatic carbocycles. The molecule has 0 aliphatic carbocycles. The first kappa shape index (κ1) is 43.0. The van der Waals surface area contributed by atoms with Crippen LogP contribution in [0.2, 0.25) is 0 Å². The summed E-state index contributed by atoms with van der Waals surface area (Å²) in [4.78, 5) is 10.2. The molecule has 9 heteroatoms. The quantitative estimate of drug-likeness (QED) is 0.142. The molecule has 0 radical (unpaired) electrons. The maximum absolute atomic E-state index is 14.2. The summed E-state index contributed by atoms with van der Waals surface area (Å²) in [5.74, 6) is 0.310. The van der Waals surface area contributed by atoms with Crippen molar-refractivity contribution < 1.29 is 26.3 Å². The fraction of sp³-hybridized carbons (Fsp3) is 0.0333. The molecule has 0 aliphatic heterocycles. The van der Waals surface area contributed by atoms with Gasteiger partial charge < -0.3 is 4.57 Å². The molecule has 0 bridgehead atoms. The summed E-state index contributed by atoms with van der Waals surface area (Å²) >= 11 is 0. The highest BCUT2D eigenvalue weighted by molar-refractivity contribution is 6.13. The molecule has 0 unspecified atom stereocenters. The summed E-state index contributed by atoms with van der Waals surface area (Å²) in [7, 11) is 0. The Morgan fingerprint density at radius 3 is 1.01 bits per heavy atom. The number of aromatic nitrogens is 3. The third-order valence-corrected chi connectivity index (χ3v) is 12.5. The van der Waals surface area contributed by atoms with Crippen molar-refractivity contribution in [2.24, 2.45) is 0 Å². The molecule has 0 saturated carbocycles. The first-order valence-electron chi connectivity index (χ1n) is 22.2. The average molecular weight is 914 g/mol. The lowest BCUT2D eigenvalue weighted by molar-refractivity contribution is -0.138. The number of benzene rings is 9. The maximum Gasteiger partial charge on any atom is 0.416 e. The second-order valence-electron chi connectivity index (χ2n) is 16.8. The largest absolute Gasteiger partial charge is 0.416 e. The lowest BCUT2D eigenvalue weighted by Gasteiger charge is -2.22. The zero-order valence-corrected chi connectivity index (χ0v) is 36.5. The zero-order chi connectivity index (χ0) is 47.3. The van der Waals surface area contributed by atoms with Crippen LogP contribution in [0, 0.1) is 0 Å². The number of fused-ring (bicyclic) bond motifs is 3. The molecular formula is C60H37F6N3. The topological polar surface area (TPSA) is 30.7 Å². The van der Waals surface area contributed by atoms with Crippen LogP contribution in [0.15, 0.2) is 224 Å². The van der Waals surface area contributed by atoms with Crippen LogP contribution >= 0.6 is 0 Å². The van der Waals surface area contributed by atoms with Crippen molar-refractivity contribution in [3.8, 4) is 84.1 Å². The summed E-state index contributed by atoms with van der Waals surface area (Å²) in [5, 5.41) is 1.80. The molecule has 0 saturated heterocycles. The molecule has 2 aromatic heterocycles. The average Bonchev–Trinajstić information content (AvgIpc) is 3.71. The van der Waals surface area contributed by atoms with Crippen molar-refractivity contribution in [2.45, 2.75) is 12.4 Å². The van der Waals surface area contributed by atoms with Crippen molar-refractivity contribution >= 4 is 21.8 Å². The molecule has 0 atom stereocenters. The highest BCUT2D eigenvalue weighted by atomic mass is 19.4. The van der Waals surface area contributed by atoms with E-state index >= 15 is 0 Å². The molecule has 11 rings (SSSR count). The van der Waals surface area contributed by atoms with Gasteiger partial charge in [0, 0.05) is 38.6 Å². The minimum Gasteiger partial charge on any atom is -0.308 e. The predicted octanol–water partition coefficient (Wildman–Crippen LogP) is 17.3. The Morgan fingerprint density at radius 2 is 0.652 bits per heavy atom. The fourth-order valence-corrected chi connectivity index (χ4v) is 9.10. The molecule has 3 nitrogen and oxygen atoms in total. The number of alkyl halides is 6. The van der Waals surface area contributed by atoms with E-state index in [1.807, 2.05) is 164 Å². The van der Waals surface area contributed by atoms with Crippen LogP contribution in [0.1, 0.15) is 11.1 Å². The monoisotopic (exact) mass is 913 g/mol. The molecular weight excluding hydrogens is 877 g/mol. The van der Waals surface area contributed by atoms with Crippen LogP contribution in [-0.4, -0.2) is 14.5 Å².